The van der Waals surface area contributed by atoms with Crippen LogP contribution in [0.1, 0.15) is 19.4 Å². The molecule has 158 valence electrons. The van der Waals surface area contributed by atoms with Crippen molar-refractivity contribution in [3.05, 3.63) is 66.2 Å². The van der Waals surface area contributed by atoms with Gasteiger partial charge in [-0.3, -0.25) is 4.72 Å². The smallest absolute Gasteiger partial charge is 0.262 e. The maximum atomic E-state index is 13.2. The predicted octanol–water partition coefficient (Wildman–Crippen LogP) is 4.38. The van der Waals surface area contributed by atoms with Gasteiger partial charge in [-0.2, -0.15) is 0 Å². The summed E-state index contributed by atoms with van der Waals surface area (Å²) in [7, 11) is -3.71. The van der Waals surface area contributed by atoms with Crippen molar-refractivity contribution < 1.29 is 8.42 Å². The van der Waals surface area contributed by atoms with Gasteiger partial charge in [0.15, 0.2) is 0 Å². The van der Waals surface area contributed by atoms with Crippen LogP contribution in [0.25, 0.3) is 10.8 Å². The third kappa shape index (κ3) is 4.02. The molecule has 4 rings (SSSR count). The van der Waals surface area contributed by atoms with Gasteiger partial charge in [-0.05, 0) is 37.1 Å². The van der Waals surface area contributed by atoms with Crippen molar-refractivity contribution in [3.8, 4) is 0 Å². The zero-order valence-electron chi connectivity index (χ0n) is 17.7. The number of anilines is 2. The number of hydrogen-bond acceptors (Lipinski definition) is 4. The van der Waals surface area contributed by atoms with Gasteiger partial charge in [0, 0.05) is 47.8 Å². The van der Waals surface area contributed by atoms with Crippen molar-refractivity contribution in [3.63, 3.8) is 0 Å². The van der Waals surface area contributed by atoms with Gasteiger partial charge in [-0.15, -0.1) is 0 Å². The fraction of sp³-hybridized carbons (Fsp3) is 0.333. The lowest BCUT2D eigenvalue weighted by Gasteiger charge is -2.41. The standard InChI is InChI=1S/C24H29N3O2S/c1-17(2)23-16-25-14-15-27(23)22-12-13-24(21-7-5-4-6-20(21)22)30(28,29)26-19-10-8-18(3)9-11-19/h4-13,17,23,25-26H,14-16H2,1-3H3. The highest BCUT2D eigenvalue weighted by atomic mass is 32.2. The van der Waals surface area contributed by atoms with Crippen molar-refractivity contribution in [2.24, 2.45) is 5.92 Å². The van der Waals surface area contributed by atoms with E-state index < -0.39 is 10.0 Å². The molecular formula is C24H29N3O2S. The van der Waals surface area contributed by atoms with Gasteiger partial charge in [0.25, 0.3) is 10.0 Å². The van der Waals surface area contributed by atoms with Crippen LogP contribution in [0.4, 0.5) is 11.4 Å². The first-order valence-corrected chi connectivity index (χ1v) is 11.9. The third-order valence-corrected chi connectivity index (χ3v) is 7.26. The van der Waals surface area contributed by atoms with Crippen LogP contribution in [-0.2, 0) is 10.0 Å². The van der Waals surface area contributed by atoms with Gasteiger partial charge >= 0.3 is 0 Å². The summed E-state index contributed by atoms with van der Waals surface area (Å²) in [5, 5.41) is 5.20. The Kier molecular flexibility index (Phi) is 5.71. The minimum absolute atomic E-state index is 0.304. The summed E-state index contributed by atoms with van der Waals surface area (Å²) >= 11 is 0. The lowest BCUT2D eigenvalue weighted by atomic mass is 9.98. The fourth-order valence-corrected chi connectivity index (χ4v) is 5.46. The van der Waals surface area contributed by atoms with Crippen molar-refractivity contribution in [2.45, 2.75) is 31.7 Å². The first-order chi connectivity index (χ1) is 14.4. The van der Waals surface area contributed by atoms with Crippen LogP contribution in [0.15, 0.2) is 65.6 Å². The number of nitrogens with zero attached hydrogens (tertiary/aromatic N) is 1. The maximum absolute atomic E-state index is 13.2. The molecule has 1 atom stereocenters. The largest absolute Gasteiger partial charge is 0.365 e. The van der Waals surface area contributed by atoms with E-state index in [-0.39, 0.29) is 0 Å². The molecule has 1 aliphatic heterocycles. The molecule has 3 aromatic carbocycles. The quantitative estimate of drug-likeness (QED) is 0.639. The number of nitrogens with one attached hydrogen (secondary N) is 2. The molecule has 3 aromatic rings. The van der Waals surface area contributed by atoms with Gasteiger partial charge in [0.1, 0.15) is 0 Å². The molecule has 0 amide bonds. The zero-order chi connectivity index (χ0) is 21.3. The Morgan fingerprint density at radius 3 is 2.40 bits per heavy atom. The van der Waals surface area contributed by atoms with Gasteiger partial charge in [-0.1, -0.05) is 55.8 Å². The summed E-state index contributed by atoms with van der Waals surface area (Å²) in [5.41, 5.74) is 2.75. The number of benzene rings is 3. The Hall–Kier alpha value is -2.57. The van der Waals surface area contributed by atoms with Crippen LogP contribution in [0, 0.1) is 12.8 Å². The molecule has 30 heavy (non-hydrogen) atoms. The van der Waals surface area contributed by atoms with E-state index in [0.717, 1.165) is 41.7 Å². The maximum Gasteiger partial charge on any atom is 0.262 e. The molecule has 1 heterocycles. The van der Waals surface area contributed by atoms with Gasteiger partial charge in [-0.25, -0.2) is 8.42 Å². The van der Waals surface area contributed by atoms with Crippen LogP contribution >= 0.6 is 0 Å². The predicted molar refractivity (Wildman–Crippen MR) is 125 cm³/mol. The molecule has 0 aromatic heterocycles. The van der Waals surface area contributed by atoms with Crippen LogP contribution in [0.2, 0.25) is 0 Å². The summed E-state index contributed by atoms with van der Waals surface area (Å²) in [6.07, 6.45) is 0. The molecule has 1 saturated heterocycles. The van der Waals surface area contributed by atoms with E-state index in [4.69, 9.17) is 0 Å². The average Bonchev–Trinajstić information content (AvgIpc) is 2.74. The number of rotatable bonds is 5. The Morgan fingerprint density at radius 1 is 1.00 bits per heavy atom. The highest BCUT2D eigenvalue weighted by Gasteiger charge is 2.27. The number of sulfonamides is 1. The van der Waals surface area contributed by atoms with E-state index in [9.17, 15) is 8.42 Å². The second-order valence-corrected chi connectivity index (χ2v) is 9.96. The summed E-state index contributed by atoms with van der Waals surface area (Å²) < 4.78 is 29.2. The molecule has 6 heteroatoms. The van der Waals surface area contributed by atoms with E-state index in [1.807, 2.05) is 49.4 Å². The second kappa shape index (κ2) is 8.28. The third-order valence-electron chi connectivity index (χ3n) is 5.82. The lowest BCUT2D eigenvalue weighted by Crippen LogP contribution is -2.53. The highest BCUT2D eigenvalue weighted by Crippen LogP contribution is 2.34. The monoisotopic (exact) mass is 423 g/mol. The molecule has 0 aliphatic carbocycles. The Balaban J connectivity index is 1.78. The molecule has 5 nitrogen and oxygen atoms in total. The SMILES string of the molecule is Cc1ccc(NS(=O)(=O)c2ccc(N3CCNCC3C(C)C)c3ccccc23)cc1. The van der Waals surface area contributed by atoms with E-state index in [2.05, 4.69) is 28.8 Å². The molecule has 0 radical (unpaired) electrons. The topological polar surface area (TPSA) is 61.4 Å². The van der Waals surface area contributed by atoms with Crippen molar-refractivity contribution in [2.75, 3.05) is 29.3 Å². The summed E-state index contributed by atoms with van der Waals surface area (Å²) in [5.74, 6) is 0.489. The molecule has 1 aliphatic rings. The Labute approximate surface area is 179 Å². The number of fused-ring (bicyclic) bond motifs is 1. The van der Waals surface area contributed by atoms with E-state index in [0.29, 0.717) is 22.5 Å². The molecule has 0 bridgehead atoms. The normalized spacial score (nSPS) is 17.5. The Morgan fingerprint density at radius 2 is 1.70 bits per heavy atom. The minimum Gasteiger partial charge on any atom is -0.365 e. The van der Waals surface area contributed by atoms with Crippen molar-refractivity contribution in [1.29, 1.82) is 0 Å². The molecular weight excluding hydrogens is 394 g/mol. The van der Waals surface area contributed by atoms with Crippen LogP contribution < -0.4 is 14.9 Å². The fourth-order valence-electron chi connectivity index (χ4n) is 4.19. The Bertz CT molecular complexity index is 1140. The number of hydrogen-bond donors (Lipinski definition) is 2. The summed E-state index contributed by atoms with van der Waals surface area (Å²) in [6, 6.07) is 19.2. The number of aryl methyl sites for hydroxylation is 1. The van der Waals surface area contributed by atoms with Gasteiger partial charge in [0.05, 0.1) is 4.90 Å². The van der Waals surface area contributed by atoms with E-state index >= 15 is 0 Å². The molecule has 0 spiro atoms. The van der Waals surface area contributed by atoms with Crippen LogP contribution in [-0.4, -0.2) is 34.1 Å². The first-order valence-electron chi connectivity index (χ1n) is 10.5. The van der Waals surface area contributed by atoms with E-state index in [1.165, 1.54) is 0 Å². The molecule has 2 N–H and O–H groups in total. The summed E-state index contributed by atoms with van der Waals surface area (Å²) in [6.45, 7) is 9.20. The zero-order valence-corrected chi connectivity index (χ0v) is 18.5. The van der Waals surface area contributed by atoms with Gasteiger partial charge < -0.3 is 10.2 Å². The first kappa shape index (κ1) is 20.7. The van der Waals surface area contributed by atoms with Crippen LogP contribution in [0.3, 0.4) is 0 Å². The molecule has 1 fully saturated rings. The molecule has 1 unspecified atom stereocenters. The van der Waals surface area contributed by atoms with Crippen LogP contribution in [0.5, 0.6) is 0 Å². The highest BCUT2D eigenvalue weighted by molar-refractivity contribution is 7.93. The molecule has 0 saturated carbocycles. The second-order valence-electron chi connectivity index (χ2n) is 8.31. The van der Waals surface area contributed by atoms with E-state index in [1.54, 1.807) is 18.2 Å². The lowest BCUT2D eigenvalue weighted by molar-refractivity contribution is 0.391. The van der Waals surface area contributed by atoms with Crippen molar-refractivity contribution >= 4 is 32.2 Å². The average molecular weight is 424 g/mol. The number of piperazine rings is 1. The van der Waals surface area contributed by atoms with Crippen molar-refractivity contribution in [1.82, 2.24) is 5.32 Å². The summed E-state index contributed by atoms with van der Waals surface area (Å²) in [4.78, 5) is 2.73. The minimum atomic E-state index is -3.71. The van der Waals surface area contributed by atoms with Gasteiger partial charge in [0.2, 0.25) is 0 Å².